The van der Waals surface area contributed by atoms with E-state index in [9.17, 15) is 19.8 Å². The minimum Gasteiger partial charge on any atom is -0.512 e. The summed E-state index contributed by atoms with van der Waals surface area (Å²) in [4.78, 5) is 33.2. The monoisotopic (exact) mass is 870 g/mol. The topological polar surface area (TPSA) is 110 Å². The molecule has 0 radical (unpaired) electrons. The molecule has 0 aliphatic heterocycles. The number of thioether (sulfide) groups is 2. The number of aliphatic hydroxyl groups excluding tert-OH is 2. The van der Waals surface area contributed by atoms with Gasteiger partial charge in [0.25, 0.3) is 0 Å². The number of Topliss-reactive ketones (excluding diaryl/α,β-unsaturated/α-hetero) is 2. The summed E-state index contributed by atoms with van der Waals surface area (Å²) in [6.07, 6.45) is 12.3. The second kappa shape index (κ2) is 24.5. The fraction of sp³-hybridized carbons (Fsp3) is 0.358. The van der Waals surface area contributed by atoms with Crippen LogP contribution >= 0.6 is 23.5 Å². The highest BCUT2D eigenvalue weighted by Crippen LogP contribution is 2.37. The van der Waals surface area contributed by atoms with Crippen LogP contribution in [0.25, 0.3) is 0 Å². The van der Waals surface area contributed by atoms with Crippen LogP contribution in [0, 0.1) is 39.5 Å². The van der Waals surface area contributed by atoms with Crippen LogP contribution in [0.4, 0.5) is 0 Å². The van der Waals surface area contributed by atoms with Gasteiger partial charge in [-0.15, -0.1) is 23.5 Å². The van der Waals surface area contributed by atoms with E-state index in [1.165, 1.54) is 16.7 Å². The molecular formula is C53H62N2O5S2. The molecule has 9 heteroatoms. The van der Waals surface area contributed by atoms with E-state index in [4.69, 9.17) is 4.74 Å². The molecule has 0 bridgehead atoms. The number of ketones is 2. The second-order valence-electron chi connectivity index (χ2n) is 16.2. The zero-order chi connectivity index (χ0) is 44.4. The number of carbonyl (C=O) groups excluding carboxylic acids is 2. The van der Waals surface area contributed by atoms with E-state index in [1.807, 2.05) is 105 Å². The highest BCUT2D eigenvalue weighted by Gasteiger charge is 2.33. The van der Waals surface area contributed by atoms with E-state index in [0.29, 0.717) is 19.4 Å². The van der Waals surface area contributed by atoms with Crippen molar-refractivity contribution in [3.8, 4) is 5.75 Å². The first-order valence-corrected chi connectivity index (χ1v) is 23.7. The highest BCUT2D eigenvalue weighted by molar-refractivity contribution is 7.99. The van der Waals surface area contributed by atoms with Gasteiger partial charge in [0, 0.05) is 36.7 Å². The number of rotatable bonds is 14. The molecule has 0 spiro atoms. The Labute approximate surface area is 377 Å². The molecule has 0 amide bonds. The average Bonchev–Trinajstić information content (AvgIpc) is 3.26. The van der Waals surface area contributed by atoms with Crippen molar-refractivity contribution in [2.75, 3.05) is 11.5 Å². The average molecular weight is 871 g/mol. The van der Waals surface area contributed by atoms with Gasteiger partial charge in [0.05, 0.1) is 28.1 Å². The SMILES string of the molecule is CCc1cc(C)ccc1C.CCc1cc(OCc2ccccc2)ccc1C1C(=O)CC(CCSc2ccc(C)cn2)C=C1O.Cc1ccc(SCCC2C=C(O)CC(=O)C2)nc1. The summed E-state index contributed by atoms with van der Waals surface area (Å²) in [6.45, 7) is 13.1. The molecule has 3 atom stereocenters. The van der Waals surface area contributed by atoms with Crippen LogP contribution < -0.4 is 4.74 Å². The Morgan fingerprint density at radius 1 is 0.677 bits per heavy atom. The van der Waals surface area contributed by atoms with Crippen molar-refractivity contribution in [1.29, 1.82) is 0 Å². The molecule has 7 nitrogen and oxygen atoms in total. The lowest BCUT2D eigenvalue weighted by Gasteiger charge is -2.26. The van der Waals surface area contributed by atoms with Gasteiger partial charge in [-0.25, -0.2) is 9.97 Å². The maximum Gasteiger partial charge on any atom is 0.148 e. The predicted octanol–water partition coefficient (Wildman–Crippen LogP) is 13.0. The number of hydrogen-bond acceptors (Lipinski definition) is 9. The van der Waals surface area contributed by atoms with Gasteiger partial charge in [0.15, 0.2) is 0 Å². The van der Waals surface area contributed by atoms with E-state index in [-0.39, 0.29) is 41.3 Å². The molecule has 2 heterocycles. The first kappa shape index (κ1) is 47.9. The Morgan fingerprint density at radius 3 is 1.84 bits per heavy atom. The Kier molecular flexibility index (Phi) is 18.9. The summed E-state index contributed by atoms with van der Waals surface area (Å²) in [6, 6.07) is 30.6. The van der Waals surface area contributed by atoms with Crippen molar-refractivity contribution in [2.24, 2.45) is 11.8 Å². The minimum atomic E-state index is -0.583. The van der Waals surface area contributed by atoms with E-state index >= 15 is 0 Å². The normalized spacial score (nSPS) is 17.2. The summed E-state index contributed by atoms with van der Waals surface area (Å²) in [5, 5.41) is 22.3. The van der Waals surface area contributed by atoms with Crippen molar-refractivity contribution in [2.45, 2.75) is 109 Å². The second-order valence-corrected chi connectivity index (χ2v) is 18.4. The Morgan fingerprint density at radius 2 is 1.29 bits per heavy atom. The number of nitrogens with zero attached hydrogens (tertiary/aromatic N) is 2. The zero-order valence-corrected chi connectivity index (χ0v) is 38.7. The molecule has 7 rings (SSSR count). The number of aryl methyl sites for hydroxylation is 6. The third-order valence-corrected chi connectivity index (χ3v) is 12.9. The van der Waals surface area contributed by atoms with Crippen LogP contribution in [0.15, 0.2) is 137 Å². The van der Waals surface area contributed by atoms with Gasteiger partial charge < -0.3 is 14.9 Å². The van der Waals surface area contributed by atoms with Crippen molar-refractivity contribution >= 4 is 35.1 Å². The molecule has 326 valence electrons. The van der Waals surface area contributed by atoms with Gasteiger partial charge in [0.2, 0.25) is 0 Å². The van der Waals surface area contributed by atoms with Crippen molar-refractivity contribution < 1.29 is 24.5 Å². The molecule has 0 fully saturated rings. The van der Waals surface area contributed by atoms with Gasteiger partial charge in [0.1, 0.15) is 29.7 Å². The van der Waals surface area contributed by atoms with Gasteiger partial charge in [-0.2, -0.15) is 0 Å². The van der Waals surface area contributed by atoms with Crippen LogP contribution in [0.1, 0.15) is 96.4 Å². The summed E-state index contributed by atoms with van der Waals surface area (Å²) < 4.78 is 5.97. The van der Waals surface area contributed by atoms with Gasteiger partial charge in [-0.05, 0) is 141 Å². The molecule has 2 aliphatic carbocycles. The van der Waals surface area contributed by atoms with Crippen LogP contribution in [0.2, 0.25) is 0 Å². The molecule has 0 saturated carbocycles. The fourth-order valence-corrected chi connectivity index (χ4v) is 9.33. The highest BCUT2D eigenvalue weighted by atomic mass is 32.2. The zero-order valence-electron chi connectivity index (χ0n) is 37.1. The number of allylic oxidation sites excluding steroid dienone is 4. The van der Waals surface area contributed by atoms with E-state index in [2.05, 4.69) is 61.9 Å². The largest absolute Gasteiger partial charge is 0.512 e. The van der Waals surface area contributed by atoms with Crippen molar-refractivity contribution in [3.63, 3.8) is 0 Å². The number of aliphatic hydroxyl groups is 2. The first-order chi connectivity index (χ1) is 29.9. The molecule has 62 heavy (non-hydrogen) atoms. The number of aromatic nitrogens is 2. The van der Waals surface area contributed by atoms with Gasteiger partial charge in [-0.1, -0.05) is 86.1 Å². The number of ether oxygens (including phenoxy) is 1. The molecule has 3 unspecified atom stereocenters. The van der Waals surface area contributed by atoms with Crippen molar-refractivity contribution in [1.82, 2.24) is 9.97 Å². The Balaban J connectivity index is 0.000000214. The first-order valence-electron chi connectivity index (χ1n) is 21.7. The molecular weight excluding hydrogens is 809 g/mol. The standard InChI is InChI=1S/C29H31NO3S.C14H17NO2S.C10H14/c1-3-23-17-24(33-19-21-7-5-4-6-8-21)10-11-25(23)29-26(31)15-22(16-27(29)32)13-14-34-28-12-9-20(2)18-30-28;1-10-2-3-14(15-9-10)18-5-4-11-6-12(16)8-13(17)7-11;1-4-10-7-8(2)5-6-9(10)3/h4-12,15,17-18,22,29,31H,3,13-14,16,19H2,1-2H3;2-3,6,9,11,16H,4-5,7-8H2,1H3;5-7H,4H2,1-3H3. The molecule has 2 N–H and O–H groups in total. The van der Waals surface area contributed by atoms with Gasteiger partial charge in [-0.3, -0.25) is 9.59 Å². The van der Waals surface area contributed by atoms with Crippen LogP contribution in [0.3, 0.4) is 0 Å². The number of pyridine rings is 2. The molecule has 5 aromatic rings. The Hall–Kier alpha value is -5.12. The summed E-state index contributed by atoms with van der Waals surface area (Å²) >= 11 is 3.38. The van der Waals surface area contributed by atoms with Crippen LogP contribution in [-0.4, -0.2) is 43.3 Å². The Bertz CT molecular complexity index is 2270. The summed E-state index contributed by atoms with van der Waals surface area (Å²) in [5.74, 6) is 2.83. The van der Waals surface area contributed by atoms with Crippen LogP contribution in [-0.2, 0) is 29.0 Å². The van der Waals surface area contributed by atoms with Gasteiger partial charge >= 0.3 is 0 Å². The van der Waals surface area contributed by atoms with E-state index in [0.717, 1.165) is 80.8 Å². The molecule has 2 aromatic heterocycles. The molecule has 0 saturated heterocycles. The maximum atomic E-state index is 13.1. The lowest BCUT2D eigenvalue weighted by atomic mass is 9.79. The lowest BCUT2D eigenvalue weighted by molar-refractivity contribution is -0.122. The molecule has 3 aromatic carbocycles. The lowest BCUT2D eigenvalue weighted by Crippen LogP contribution is -2.24. The maximum absolute atomic E-state index is 13.1. The molecule has 2 aliphatic rings. The van der Waals surface area contributed by atoms with Crippen molar-refractivity contribution in [3.05, 3.63) is 172 Å². The quantitative estimate of drug-likeness (QED) is 0.105. The fourth-order valence-electron chi connectivity index (χ4n) is 7.49. The predicted molar refractivity (Wildman–Crippen MR) is 256 cm³/mol. The van der Waals surface area contributed by atoms with Crippen LogP contribution in [0.5, 0.6) is 5.75 Å². The number of hydrogen-bond donors (Lipinski definition) is 2. The third-order valence-electron chi connectivity index (χ3n) is 11.0. The summed E-state index contributed by atoms with van der Waals surface area (Å²) in [7, 11) is 0. The summed E-state index contributed by atoms with van der Waals surface area (Å²) in [5.41, 5.74) is 9.56. The third kappa shape index (κ3) is 15.3. The smallest absolute Gasteiger partial charge is 0.148 e. The van der Waals surface area contributed by atoms with E-state index < -0.39 is 5.92 Å². The van der Waals surface area contributed by atoms with E-state index in [1.54, 1.807) is 23.5 Å². The number of carbonyl (C=O) groups is 2. The number of benzene rings is 3. The minimum absolute atomic E-state index is 0.0558.